The second-order valence-corrected chi connectivity index (χ2v) is 8.51. The first-order chi connectivity index (χ1) is 16.2. The molecule has 1 heterocycles. The molecule has 7 heteroatoms. The Labute approximate surface area is 196 Å². The summed E-state index contributed by atoms with van der Waals surface area (Å²) in [5.74, 6) is -3.74. The smallest absolute Gasteiger partial charge is 0.279 e. The second-order valence-electron chi connectivity index (χ2n) is 8.51. The van der Waals surface area contributed by atoms with E-state index < -0.39 is 11.5 Å². The lowest BCUT2D eigenvalue weighted by atomic mass is 9.86. The number of fused-ring (bicyclic) bond motifs is 1. The van der Waals surface area contributed by atoms with Crippen LogP contribution in [0.3, 0.4) is 0 Å². The second kappa shape index (κ2) is 9.35. The topological polar surface area (TPSA) is 63.5 Å². The summed E-state index contributed by atoms with van der Waals surface area (Å²) in [5.41, 5.74) is 6.12. The number of nitrogens with zero attached hydrogens (tertiary/aromatic N) is 2. The number of hydrogen-bond donors (Lipinski definition) is 2. The molecule has 0 aliphatic rings. The number of hydrogen-bond acceptors (Lipinski definition) is 3. The van der Waals surface area contributed by atoms with E-state index in [2.05, 4.69) is 4.99 Å². The van der Waals surface area contributed by atoms with Crippen LogP contribution in [-0.2, 0) is 18.6 Å². The van der Waals surface area contributed by atoms with Crippen LogP contribution in [-0.4, -0.2) is 28.4 Å². The molecule has 0 fully saturated rings. The molecule has 4 nitrogen and oxygen atoms in total. The number of halogens is 3. The summed E-state index contributed by atoms with van der Waals surface area (Å²) in [6.07, 6.45) is 3.80. The Hall–Kier alpha value is -3.58. The van der Waals surface area contributed by atoms with Crippen LogP contribution in [0.4, 0.5) is 18.9 Å². The maximum Gasteiger partial charge on any atom is 0.279 e. The van der Waals surface area contributed by atoms with Crippen molar-refractivity contribution in [2.24, 2.45) is 4.99 Å². The zero-order valence-electron chi connectivity index (χ0n) is 18.8. The van der Waals surface area contributed by atoms with E-state index >= 15 is 0 Å². The lowest BCUT2D eigenvalue weighted by molar-refractivity contribution is -0.183. The molecule has 1 unspecified atom stereocenters. The van der Waals surface area contributed by atoms with Gasteiger partial charge in [-0.1, -0.05) is 36.4 Å². The van der Waals surface area contributed by atoms with Gasteiger partial charge >= 0.3 is 0 Å². The van der Waals surface area contributed by atoms with Gasteiger partial charge in [-0.25, -0.2) is 13.2 Å². The number of anilines is 1. The van der Waals surface area contributed by atoms with Gasteiger partial charge in [0.05, 0.1) is 6.54 Å². The number of aliphatic imine (C=N–C) groups is 1. The highest BCUT2D eigenvalue weighted by atomic mass is 19.3. The molecule has 0 amide bonds. The molecular weight excluding hydrogens is 439 g/mol. The molecule has 176 valence electrons. The lowest BCUT2D eigenvalue weighted by Crippen LogP contribution is -2.46. The predicted octanol–water partition coefficient (Wildman–Crippen LogP) is 5.57. The third-order valence-electron chi connectivity index (χ3n) is 6.04. The average molecular weight is 466 g/mol. The first-order valence-electron chi connectivity index (χ1n) is 11.0. The fourth-order valence-electron chi connectivity index (χ4n) is 3.96. The van der Waals surface area contributed by atoms with Gasteiger partial charge in [0.1, 0.15) is 5.82 Å². The first-order valence-corrected chi connectivity index (χ1v) is 11.0. The molecular formula is C27H26F3N3O. The molecule has 4 aromatic rings. The molecule has 3 N–H and O–H groups in total. The van der Waals surface area contributed by atoms with E-state index in [4.69, 9.17) is 5.73 Å². The maximum atomic E-state index is 14.8. The fourth-order valence-corrected chi connectivity index (χ4v) is 3.96. The van der Waals surface area contributed by atoms with Crippen LogP contribution in [0.15, 0.2) is 84.0 Å². The number of para-hydroxylation sites is 1. The Kier molecular flexibility index (Phi) is 6.48. The highest BCUT2D eigenvalue weighted by Gasteiger charge is 2.50. The summed E-state index contributed by atoms with van der Waals surface area (Å²) >= 11 is 0. The highest BCUT2D eigenvalue weighted by Crippen LogP contribution is 2.40. The third-order valence-corrected chi connectivity index (χ3v) is 6.04. The van der Waals surface area contributed by atoms with Gasteiger partial charge in [0.25, 0.3) is 5.92 Å². The van der Waals surface area contributed by atoms with Gasteiger partial charge in [-0.2, -0.15) is 0 Å². The van der Waals surface area contributed by atoms with Gasteiger partial charge in [-0.3, -0.25) is 4.99 Å². The Balaban J connectivity index is 1.60. The molecule has 0 aliphatic heterocycles. The van der Waals surface area contributed by atoms with E-state index in [0.717, 1.165) is 16.5 Å². The number of nitrogen functional groups attached to an aromatic ring is 1. The first kappa shape index (κ1) is 23.6. The summed E-state index contributed by atoms with van der Waals surface area (Å²) in [6, 6.07) is 19.8. The van der Waals surface area contributed by atoms with Crippen LogP contribution in [0.25, 0.3) is 10.9 Å². The number of nitrogens with two attached hydrogens (primary N) is 1. The van der Waals surface area contributed by atoms with Gasteiger partial charge < -0.3 is 15.4 Å². The van der Waals surface area contributed by atoms with Crippen molar-refractivity contribution in [3.63, 3.8) is 0 Å². The van der Waals surface area contributed by atoms with Gasteiger partial charge in [-0.15, -0.1) is 0 Å². The Morgan fingerprint density at radius 1 is 1.03 bits per heavy atom. The molecule has 0 bridgehead atoms. The SMILES string of the molecule is CC(F)(F)C(O)(Cn1ccc2ccccc21)c1ccc(N)c(C=NCCc2ccc(F)cc2)c1. The van der Waals surface area contributed by atoms with Crippen molar-refractivity contribution in [3.8, 4) is 0 Å². The Bertz CT molecular complexity index is 1310. The molecule has 0 saturated heterocycles. The monoisotopic (exact) mass is 465 g/mol. The minimum Gasteiger partial charge on any atom is -0.398 e. The molecule has 1 atom stereocenters. The number of benzene rings is 3. The van der Waals surface area contributed by atoms with Crippen LogP contribution >= 0.6 is 0 Å². The van der Waals surface area contributed by atoms with Crippen molar-refractivity contribution in [2.45, 2.75) is 31.4 Å². The quantitative estimate of drug-likeness (QED) is 0.264. The maximum absolute atomic E-state index is 14.8. The normalized spacial score (nSPS) is 14.0. The van der Waals surface area contributed by atoms with E-state index in [-0.39, 0.29) is 17.9 Å². The number of aliphatic hydroxyl groups is 1. The zero-order chi connectivity index (χ0) is 24.3. The molecule has 0 radical (unpaired) electrons. The standard InChI is InChI=1S/C27H26F3N3O/c1-26(29,30)27(34,18-33-15-13-20-4-2-3-5-25(20)33)22-8-11-24(31)21(16-22)17-32-14-12-19-6-9-23(28)10-7-19/h2-11,13,15-17,34H,12,14,18,31H2,1H3. The van der Waals surface area contributed by atoms with Crippen molar-refractivity contribution in [3.05, 3.63) is 102 Å². The van der Waals surface area contributed by atoms with Crippen molar-refractivity contribution in [1.82, 2.24) is 4.57 Å². The van der Waals surface area contributed by atoms with E-state index in [1.165, 1.54) is 36.5 Å². The minimum atomic E-state index is -3.44. The van der Waals surface area contributed by atoms with E-state index in [1.54, 1.807) is 22.9 Å². The van der Waals surface area contributed by atoms with Crippen molar-refractivity contribution >= 4 is 22.8 Å². The van der Waals surface area contributed by atoms with Crippen molar-refractivity contribution in [1.29, 1.82) is 0 Å². The van der Waals surface area contributed by atoms with Crippen LogP contribution in [0.5, 0.6) is 0 Å². The predicted molar refractivity (Wildman–Crippen MR) is 130 cm³/mol. The van der Waals surface area contributed by atoms with Crippen LogP contribution in [0.1, 0.15) is 23.6 Å². The van der Waals surface area contributed by atoms with Crippen molar-refractivity contribution < 1.29 is 18.3 Å². The molecule has 0 spiro atoms. The summed E-state index contributed by atoms with van der Waals surface area (Å²) in [5, 5.41) is 12.2. The zero-order valence-corrected chi connectivity index (χ0v) is 18.8. The third kappa shape index (κ3) is 4.84. The lowest BCUT2D eigenvalue weighted by Gasteiger charge is -2.35. The van der Waals surface area contributed by atoms with E-state index in [1.807, 2.05) is 30.3 Å². The molecule has 34 heavy (non-hydrogen) atoms. The van der Waals surface area contributed by atoms with Gasteiger partial charge in [0.2, 0.25) is 0 Å². The average Bonchev–Trinajstić information content (AvgIpc) is 3.21. The van der Waals surface area contributed by atoms with E-state index in [0.29, 0.717) is 31.1 Å². The molecule has 1 aromatic heterocycles. The molecule has 0 aliphatic carbocycles. The number of aromatic nitrogens is 1. The van der Waals surface area contributed by atoms with E-state index in [9.17, 15) is 18.3 Å². The molecule has 0 saturated carbocycles. The number of alkyl halides is 2. The summed E-state index contributed by atoms with van der Waals surface area (Å²) < 4.78 is 44.4. The van der Waals surface area contributed by atoms with Crippen LogP contribution in [0.2, 0.25) is 0 Å². The highest BCUT2D eigenvalue weighted by molar-refractivity contribution is 5.87. The van der Waals surface area contributed by atoms with Gasteiger partial charge in [0, 0.05) is 42.6 Å². The van der Waals surface area contributed by atoms with Crippen LogP contribution in [0, 0.1) is 5.82 Å². The van der Waals surface area contributed by atoms with Gasteiger partial charge in [0.15, 0.2) is 5.60 Å². The Morgan fingerprint density at radius 2 is 1.76 bits per heavy atom. The van der Waals surface area contributed by atoms with Crippen LogP contribution < -0.4 is 5.73 Å². The summed E-state index contributed by atoms with van der Waals surface area (Å²) in [6.45, 7) is 0.791. The summed E-state index contributed by atoms with van der Waals surface area (Å²) in [7, 11) is 0. The number of rotatable bonds is 8. The Morgan fingerprint density at radius 3 is 2.50 bits per heavy atom. The molecule has 4 rings (SSSR count). The van der Waals surface area contributed by atoms with Gasteiger partial charge in [-0.05, 0) is 59.3 Å². The largest absolute Gasteiger partial charge is 0.398 e. The summed E-state index contributed by atoms with van der Waals surface area (Å²) in [4.78, 5) is 4.35. The minimum absolute atomic E-state index is 0.0481. The fraction of sp³-hybridized carbons (Fsp3) is 0.222. The van der Waals surface area contributed by atoms with Crippen molar-refractivity contribution in [2.75, 3.05) is 12.3 Å². The molecule has 3 aromatic carbocycles.